The van der Waals surface area contributed by atoms with Crippen molar-refractivity contribution < 1.29 is 18.0 Å². The quantitative estimate of drug-likeness (QED) is 0.901. The maximum Gasteiger partial charge on any atom is 0.408 e. The first-order valence-electron chi connectivity index (χ1n) is 6.61. The molecular formula is C15H18F3NO. The summed E-state index contributed by atoms with van der Waals surface area (Å²) in [5, 5.41) is 2.00. The molecule has 110 valence electrons. The molecule has 1 aromatic rings. The van der Waals surface area contributed by atoms with Gasteiger partial charge in [-0.1, -0.05) is 18.6 Å². The van der Waals surface area contributed by atoms with Gasteiger partial charge in [-0.3, -0.25) is 4.79 Å². The van der Waals surface area contributed by atoms with E-state index < -0.39 is 18.1 Å². The zero-order valence-corrected chi connectivity index (χ0v) is 11.8. The van der Waals surface area contributed by atoms with Crippen LogP contribution in [0.4, 0.5) is 13.2 Å². The summed E-state index contributed by atoms with van der Waals surface area (Å²) >= 11 is 0. The lowest BCUT2D eigenvalue weighted by Crippen LogP contribution is -2.43. The lowest BCUT2D eigenvalue weighted by atomic mass is 9.94. The molecule has 0 radical (unpaired) electrons. The van der Waals surface area contributed by atoms with E-state index in [2.05, 4.69) is 6.92 Å². The molecule has 1 fully saturated rings. The van der Waals surface area contributed by atoms with Crippen LogP contribution in [0.5, 0.6) is 0 Å². The minimum absolute atomic E-state index is 0.0801. The van der Waals surface area contributed by atoms with Gasteiger partial charge in [0.2, 0.25) is 0 Å². The predicted octanol–water partition coefficient (Wildman–Crippen LogP) is 3.73. The van der Waals surface area contributed by atoms with Crippen molar-refractivity contribution in [2.24, 2.45) is 0 Å². The Kier molecular flexibility index (Phi) is 3.56. The fourth-order valence-electron chi connectivity index (χ4n) is 2.10. The summed E-state index contributed by atoms with van der Waals surface area (Å²) in [6.45, 7) is 4.89. The third-order valence-corrected chi connectivity index (χ3v) is 3.88. The molecule has 2 nitrogen and oxygen atoms in total. The van der Waals surface area contributed by atoms with Crippen LogP contribution in [0, 0.1) is 6.92 Å². The molecule has 1 atom stereocenters. The van der Waals surface area contributed by atoms with Crippen LogP contribution in [0.3, 0.4) is 0 Å². The second kappa shape index (κ2) is 4.79. The summed E-state index contributed by atoms with van der Waals surface area (Å²) in [5.41, 5.74) is 2.29. The van der Waals surface area contributed by atoms with Crippen LogP contribution in [-0.2, 0) is 5.41 Å². The number of amides is 1. The molecular weight excluding hydrogens is 267 g/mol. The number of benzene rings is 1. The van der Waals surface area contributed by atoms with Crippen LogP contribution in [0.2, 0.25) is 0 Å². The third-order valence-electron chi connectivity index (χ3n) is 3.88. The average Bonchev–Trinajstić information content (AvgIpc) is 3.06. The Balaban J connectivity index is 2.20. The van der Waals surface area contributed by atoms with Crippen LogP contribution in [0.15, 0.2) is 18.2 Å². The first-order valence-corrected chi connectivity index (χ1v) is 6.61. The number of hydrogen-bond acceptors (Lipinski definition) is 1. The normalized spacial score (nSPS) is 18.5. The van der Waals surface area contributed by atoms with Gasteiger partial charge in [0.25, 0.3) is 5.91 Å². The van der Waals surface area contributed by atoms with E-state index in [-0.39, 0.29) is 5.41 Å². The molecule has 0 aromatic heterocycles. The lowest BCUT2D eigenvalue weighted by molar-refractivity contribution is -0.149. The van der Waals surface area contributed by atoms with E-state index in [1.165, 1.54) is 0 Å². The van der Waals surface area contributed by atoms with Crippen molar-refractivity contribution in [1.29, 1.82) is 0 Å². The monoisotopic (exact) mass is 285 g/mol. The van der Waals surface area contributed by atoms with Crippen LogP contribution in [-0.4, -0.2) is 18.1 Å². The van der Waals surface area contributed by atoms with Crippen LogP contribution < -0.4 is 5.32 Å². The van der Waals surface area contributed by atoms with Gasteiger partial charge < -0.3 is 5.32 Å². The molecule has 1 amide bonds. The van der Waals surface area contributed by atoms with Crippen LogP contribution >= 0.6 is 0 Å². The van der Waals surface area contributed by atoms with E-state index in [0.717, 1.165) is 30.9 Å². The molecule has 0 saturated heterocycles. The molecule has 0 aliphatic heterocycles. The number of halogens is 3. The van der Waals surface area contributed by atoms with Crippen molar-refractivity contribution in [3.8, 4) is 0 Å². The molecule has 0 heterocycles. The topological polar surface area (TPSA) is 29.1 Å². The predicted molar refractivity (Wildman–Crippen MR) is 70.7 cm³/mol. The van der Waals surface area contributed by atoms with E-state index in [1.807, 2.05) is 18.3 Å². The van der Waals surface area contributed by atoms with Crippen LogP contribution in [0.25, 0.3) is 0 Å². The fourth-order valence-corrected chi connectivity index (χ4v) is 2.10. The number of carbonyl (C=O) groups excluding carboxylic acids is 1. The summed E-state index contributed by atoms with van der Waals surface area (Å²) in [6, 6.07) is 3.47. The van der Waals surface area contributed by atoms with Crippen molar-refractivity contribution >= 4 is 5.91 Å². The van der Waals surface area contributed by atoms with Crippen molar-refractivity contribution in [1.82, 2.24) is 5.32 Å². The van der Waals surface area contributed by atoms with E-state index in [9.17, 15) is 18.0 Å². The van der Waals surface area contributed by atoms with Gasteiger partial charge >= 0.3 is 6.18 Å². The first kappa shape index (κ1) is 14.9. The maximum atomic E-state index is 12.5. The Morgan fingerprint density at radius 2 is 1.90 bits per heavy atom. The molecule has 20 heavy (non-hydrogen) atoms. The Morgan fingerprint density at radius 3 is 2.40 bits per heavy atom. The second-order valence-electron chi connectivity index (χ2n) is 5.89. The minimum Gasteiger partial charge on any atom is -0.341 e. The zero-order valence-electron chi connectivity index (χ0n) is 11.8. The summed E-state index contributed by atoms with van der Waals surface area (Å²) < 4.78 is 37.4. The van der Waals surface area contributed by atoms with Gasteiger partial charge in [0.15, 0.2) is 0 Å². The maximum absolute atomic E-state index is 12.5. The standard InChI is InChI=1S/C15H18F3NO/c1-9-6-11(8-12(7-9)14(3)4-5-14)13(20)19-10(2)15(16,17)18/h6-8,10H,4-5H2,1-3H3,(H,19,20)/t10-/m1/s1. The highest BCUT2D eigenvalue weighted by atomic mass is 19.4. The molecule has 0 bridgehead atoms. The van der Waals surface area contributed by atoms with Gasteiger partial charge in [-0.05, 0) is 49.8 Å². The summed E-state index contributed by atoms with van der Waals surface area (Å²) in [5.74, 6) is -0.677. The Labute approximate surface area is 116 Å². The molecule has 1 saturated carbocycles. The van der Waals surface area contributed by atoms with E-state index in [1.54, 1.807) is 12.1 Å². The molecule has 1 aromatic carbocycles. The molecule has 0 unspecified atom stereocenters. The van der Waals surface area contributed by atoms with Gasteiger partial charge in [0.05, 0.1) is 0 Å². The molecule has 1 N–H and O–H groups in total. The van der Waals surface area contributed by atoms with Crippen molar-refractivity contribution in [2.75, 3.05) is 0 Å². The van der Waals surface area contributed by atoms with Gasteiger partial charge in [-0.15, -0.1) is 0 Å². The van der Waals surface area contributed by atoms with Crippen LogP contribution in [0.1, 0.15) is 48.2 Å². The lowest BCUT2D eigenvalue weighted by Gasteiger charge is -2.18. The highest BCUT2D eigenvalue weighted by Gasteiger charge is 2.40. The smallest absolute Gasteiger partial charge is 0.341 e. The number of hydrogen-bond donors (Lipinski definition) is 1. The average molecular weight is 285 g/mol. The summed E-state index contributed by atoms with van der Waals surface area (Å²) in [6.07, 6.45) is -2.32. The SMILES string of the molecule is Cc1cc(C(=O)N[C@H](C)C(F)(F)F)cc(C2(C)CC2)c1. The number of nitrogens with one attached hydrogen (secondary N) is 1. The van der Waals surface area contributed by atoms with Gasteiger partial charge in [0, 0.05) is 5.56 Å². The van der Waals surface area contributed by atoms with Gasteiger partial charge in [0.1, 0.15) is 6.04 Å². The number of rotatable bonds is 3. The van der Waals surface area contributed by atoms with E-state index >= 15 is 0 Å². The number of alkyl halides is 3. The van der Waals surface area contributed by atoms with Crippen molar-refractivity contribution in [3.63, 3.8) is 0 Å². The molecule has 1 aliphatic carbocycles. The van der Waals surface area contributed by atoms with Gasteiger partial charge in [-0.2, -0.15) is 13.2 Å². The molecule has 2 rings (SSSR count). The summed E-state index contributed by atoms with van der Waals surface area (Å²) in [7, 11) is 0. The molecule has 0 spiro atoms. The molecule has 5 heteroatoms. The second-order valence-corrected chi connectivity index (χ2v) is 5.89. The highest BCUT2D eigenvalue weighted by Crippen LogP contribution is 2.47. The Hall–Kier alpha value is -1.52. The third kappa shape index (κ3) is 3.14. The van der Waals surface area contributed by atoms with Crippen molar-refractivity contribution in [2.45, 2.75) is 51.2 Å². The highest BCUT2D eigenvalue weighted by molar-refractivity contribution is 5.94. The minimum atomic E-state index is -4.43. The van der Waals surface area contributed by atoms with Crippen molar-refractivity contribution in [3.05, 3.63) is 34.9 Å². The largest absolute Gasteiger partial charge is 0.408 e. The van der Waals surface area contributed by atoms with E-state index in [4.69, 9.17) is 0 Å². The Bertz CT molecular complexity index is 532. The molecule has 1 aliphatic rings. The summed E-state index contributed by atoms with van der Waals surface area (Å²) in [4.78, 5) is 11.9. The van der Waals surface area contributed by atoms with Gasteiger partial charge in [-0.25, -0.2) is 0 Å². The van der Waals surface area contributed by atoms with E-state index in [0.29, 0.717) is 5.56 Å². The zero-order chi connectivity index (χ0) is 15.1. The number of aryl methyl sites for hydroxylation is 1. The Morgan fingerprint density at radius 1 is 1.30 bits per heavy atom. The fraction of sp³-hybridized carbons (Fsp3) is 0.533. The number of carbonyl (C=O) groups is 1. The first-order chi connectivity index (χ1) is 9.12.